The van der Waals surface area contributed by atoms with Crippen LogP contribution in [0, 0.1) is 29.1 Å². The molecule has 16 heavy (non-hydrogen) atoms. The molecule has 1 amide bonds. The predicted molar refractivity (Wildman–Crippen MR) is 60.1 cm³/mol. The van der Waals surface area contributed by atoms with Crippen LogP contribution in [0.1, 0.15) is 26.7 Å². The third-order valence-corrected chi connectivity index (χ3v) is 4.11. The Hall–Kier alpha value is -1.08. The number of nitrogens with two attached hydrogens (primary N) is 1. The molecule has 0 bridgehead atoms. The van der Waals surface area contributed by atoms with Crippen molar-refractivity contribution in [3.8, 4) is 6.07 Å². The Balaban J connectivity index is 2.03. The number of nitriles is 1. The molecular weight excluding hydrogens is 202 g/mol. The molecule has 2 rings (SSSR count). The Bertz CT molecular complexity index is 336. The zero-order valence-corrected chi connectivity index (χ0v) is 9.89. The Kier molecular flexibility index (Phi) is 2.90. The fourth-order valence-electron chi connectivity index (χ4n) is 2.55. The van der Waals surface area contributed by atoms with Gasteiger partial charge < -0.3 is 10.6 Å². The van der Waals surface area contributed by atoms with E-state index in [1.807, 2.05) is 13.8 Å². The van der Waals surface area contributed by atoms with Crippen molar-refractivity contribution < 1.29 is 4.79 Å². The second-order valence-electron chi connectivity index (χ2n) is 5.14. The number of fused-ring (bicyclic) bond motifs is 1. The summed E-state index contributed by atoms with van der Waals surface area (Å²) in [5.74, 6) is 1.15. The first kappa shape index (κ1) is 11.4. The SMILES string of the molecule is CC[C@@H](C)[C@H](N)C(=O)N1C[C@H]2C[C@H]2[C@H]1C#N. The van der Waals surface area contributed by atoms with E-state index in [2.05, 4.69) is 6.07 Å². The molecule has 0 aromatic carbocycles. The summed E-state index contributed by atoms with van der Waals surface area (Å²) < 4.78 is 0. The maximum atomic E-state index is 12.1. The first-order valence-corrected chi connectivity index (χ1v) is 6.05. The maximum absolute atomic E-state index is 12.1. The molecule has 4 nitrogen and oxygen atoms in total. The van der Waals surface area contributed by atoms with Gasteiger partial charge in [-0.2, -0.15) is 5.26 Å². The van der Waals surface area contributed by atoms with Crippen molar-refractivity contribution in [2.45, 2.75) is 38.8 Å². The van der Waals surface area contributed by atoms with Gasteiger partial charge in [-0.3, -0.25) is 4.79 Å². The van der Waals surface area contributed by atoms with Crippen molar-refractivity contribution in [2.75, 3.05) is 6.54 Å². The number of carbonyl (C=O) groups excluding carboxylic acids is 1. The largest absolute Gasteiger partial charge is 0.325 e. The standard InChI is InChI=1S/C12H19N3O/c1-3-7(2)11(14)12(16)15-6-8-4-9(8)10(15)5-13/h7-11H,3-4,6,14H2,1-2H3/t7-,8-,9-,10-,11+/m1/s1. The Morgan fingerprint density at radius 2 is 2.38 bits per heavy atom. The van der Waals surface area contributed by atoms with Crippen LogP contribution in [0.15, 0.2) is 0 Å². The van der Waals surface area contributed by atoms with Gasteiger partial charge in [0.1, 0.15) is 6.04 Å². The van der Waals surface area contributed by atoms with Crippen LogP contribution in [-0.2, 0) is 4.79 Å². The van der Waals surface area contributed by atoms with Gasteiger partial charge in [0, 0.05) is 6.54 Å². The van der Waals surface area contributed by atoms with Crippen LogP contribution >= 0.6 is 0 Å². The summed E-state index contributed by atoms with van der Waals surface area (Å²) in [6, 6.07) is 1.59. The van der Waals surface area contributed by atoms with Gasteiger partial charge in [-0.25, -0.2) is 0 Å². The summed E-state index contributed by atoms with van der Waals surface area (Å²) >= 11 is 0. The molecule has 2 fully saturated rings. The van der Waals surface area contributed by atoms with Gasteiger partial charge >= 0.3 is 0 Å². The molecule has 4 heteroatoms. The summed E-state index contributed by atoms with van der Waals surface area (Å²) in [6.45, 7) is 4.76. The average Bonchev–Trinajstić information content (AvgIpc) is 2.98. The van der Waals surface area contributed by atoms with Crippen molar-refractivity contribution in [3.05, 3.63) is 0 Å². The molecular formula is C12H19N3O. The molecule has 0 radical (unpaired) electrons. The lowest BCUT2D eigenvalue weighted by Crippen LogP contribution is -2.49. The van der Waals surface area contributed by atoms with Gasteiger partial charge in [-0.1, -0.05) is 20.3 Å². The lowest BCUT2D eigenvalue weighted by Gasteiger charge is -2.28. The van der Waals surface area contributed by atoms with Gasteiger partial charge in [0.05, 0.1) is 12.1 Å². The van der Waals surface area contributed by atoms with E-state index >= 15 is 0 Å². The second kappa shape index (κ2) is 4.06. The zero-order chi connectivity index (χ0) is 11.9. The minimum Gasteiger partial charge on any atom is -0.325 e. The van der Waals surface area contributed by atoms with Crippen LogP contribution in [0.4, 0.5) is 0 Å². The second-order valence-corrected chi connectivity index (χ2v) is 5.14. The highest BCUT2D eigenvalue weighted by molar-refractivity contribution is 5.83. The van der Waals surface area contributed by atoms with E-state index in [1.165, 1.54) is 0 Å². The minimum atomic E-state index is -0.446. The first-order valence-electron chi connectivity index (χ1n) is 6.05. The third-order valence-electron chi connectivity index (χ3n) is 4.11. The monoisotopic (exact) mass is 221 g/mol. The van der Waals surface area contributed by atoms with E-state index in [0.29, 0.717) is 11.8 Å². The van der Waals surface area contributed by atoms with Gasteiger partial charge in [0.2, 0.25) is 5.91 Å². The smallest absolute Gasteiger partial charge is 0.240 e. The van der Waals surface area contributed by atoms with E-state index < -0.39 is 6.04 Å². The molecule has 0 aromatic rings. The van der Waals surface area contributed by atoms with Gasteiger partial charge in [0.15, 0.2) is 0 Å². The molecule has 5 atom stereocenters. The van der Waals surface area contributed by atoms with E-state index in [-0.39, 0.29) is 17.9 Å². The van der Waals surface area contributed by atoms with Crippen LogP contribution in [0.25, 0.3) is 0 Å². The fraction of sp³-hybridized carbons (Fsp3) is 0.833. The van der Waals surface area contributed by atoms with Crippen LogP contribution in [0.5, 0.6) is 0 Å². The fourth-order valence-corrected chi connectivity index (χ4v) is 2.55. The first-order chi connectivity index (χ1) is 7.60. The molecule has 88 valence electrons. The highest BCUT2D eigenvalue weighted by Gasteiger charge is 2.54. The number of hydrogen-bond donors (Lipinski definition) is 1. The summed E-state index contributed by atoms with van der Waals surface area (Å²) in [6.07, 6.45) is 2.01. The van der Waals surface area contributed by atoms with Gasteiger partial charge in [-0.15, -0.1) is 0 Å². The van der Waals surface area contributed by atoms with Crippen LogP contribution in [0.2, 0.25) is 0 Å². The van der Waals surface area contributed by atoms with Crippen LogP contribution in [0.3, 0.4) is 0 Å². The summed E-state index contributed by atoms with van der Waals surface area (Å²) in [5.41, 5.74) is 5.93. The molecule has 2 aliphatic rings. The number of carbonyl (C=O) groups is 1. The Labute approximate surface area is 96.4 Å². The van der Waals surface area contributed by atoms with Crippen molar-refractivity contribution >= 4 is 5.91 Å². The molecule has 1 aliphatic heterocycles. The molecule has 1 aliphatic carbocycles. The topological polar surface area (TPSA) is 70.1 Å². The lowest BCUT2D eigenvalue weighted by molar-refractivity contribution is -0.134. The number of rotatable bonds is 3. The Morgan fingerprint density at radius 1 is 1.69 bits per heavy atom. The lowest BCUT2D eigenvalue weighted by atomic mass is 9.98. The molecule has 1 heterocycles. The number of likely N-dealkylation sites (tertiary alicyclic amines) is 1. The molecule has 1 saturated carbocycles. The van der Waals surface area contributed by atoms with Crippen LogP contribution < -0.4 is 5.73 Å². The Morgan fingerprint density at radius 3 is 2.94 bits per heavy atom. The number of amides is 1. The van der Waals surface area contributed by atoms with E-state index in [1.54, 1.807) is 4.90 Å². The molecule has 0 aromatic heterocycles. The predicted octanol–water partition coefficient (Wildman–Crippen LogP) is 0.730. The number of nitrogens with zero attached hydrogens (tertiary/aromatic N) is 2. The van der Waals surface area contributed by atoms with Crippen molar-refractivity contribution in [3.63, 3.8) is 0 Å². The summed E-state index contributed by atoms with van der Waals surface area (Å²) in [5, 5.41) is 9.08. The van der Waals surface area contributed by atoms with Gasteiger partial charge in [-0.05, 0) is 24.2 Å². The molecule has 0 unspecified atom stereocenters. The van der Waals surface area contributed by atoms with E-state index in [0.717, 1.165) is 19.4 Å². The maximum Gasteiger partial charge on any atom is 0.240 e. The van der Waals surface area contributed by atoms with Crippen molar-refractivity contribution in [1.82, 2.24) is 4.90 Å². The summed E-state index contributed by atoms with van der Waals surface area (Å²) in [4.78, 5) is 13.8. The highest BCUT2D eigenvalue weighted by Crippen LogP contribution is 2.49. The minimum absolute atomic E-state index is 0.0342. The van der Waals surface area contributed by atoms with Crippen molar-refractivity contribution in [1.29, 1.82) is 5.26 Å². The molecule has 1 saturated heterocycles. The van der Waals surface area contributed by atoms with Crippen LogP contribution in [-0.4, -0.2) is 29.4 Å². The van der Waals surface area contributed by atoms with Gasteiger partial charge in [0.25, 0.3) is 0 Å². The molecule has 2 N–H and O–H groups in total. The van der Waals surface area contributed by atoms with E-state index in [9.17, 15) is 4.79 Å². The quantitative estimate of drug-likeness (QED) is 0.763. The van der Waals surface area contributed by atoms with Crippen molar-refractivity contribution in [2.24, 2.45) is 23.5 Å². The third kappa shape index (κ3) is 1.69. The van der Waals surface area contributed by atoms with E-state index in [4.69, 9.17) is 11.0 Å². The summed E-state index contributed by atoms with van der Waals surface area (Å²) in [7, 11) is 0. The normalized spacial score (nSPS) is 35.1. The number of hydrogen-bond acceptors (Lipinski definition) is 3. The average molecular weight is 221 g/mol. The zero-order valence-electron chi connectivity index (χ0n) is 9.89. The molecule has 0 spiro atoms. The number of piperidine rings is 1. The highest BCUT2D eigenvalue weighted by atomic mass is 16.2.